The predicted octanol–water partition coefficient (Wildman–Crippen LogP) is 5.90. The Morgan fingerprint density at radius 1 is 1.11 bits per heavy atom. The zero-order valence-corrected chi connectivity index (χ0v) is 21.7. The number of carbonyl (C=O) groups excluding carboxylic acids is 1. The van der Waals surface area contributed by atoms with Crippen LogP contribution in [-0.2, 0) is 11.3 Å². The number of amides is 1. The molecule has 0 saturated heterocycles. The largest absolute Gasteiger partial charge is 0.337 e. The molecule has 0 aliphatic rings. The topological polar surface area (TPSA) is 81.3 Å². The van der Waals surface area contributed by atoms with Crippen molar-refractivity contribution < 1.29 is 9.18 Å². The highest BCUT2D eigenvalue weighted by Gasteiger charge is 2.15. The molecule has 7 nitrogen and oxygen atoms in total. The van der Waals surface area contributed by atoms with Gasteiger partial charge in [0.05, 0.1) is 22.8 Å². The molecule has 1 amide bonds. The van der Waals surface area contributed by atoms with Crippen LogP contribution < -0.4 is 10.9 Å². The fraction of sp³-hybridized carbons (Fsp3) is 0.143. The van der Waals surface area contributed by atoms with Crippen LogP contribution in [-0.4, -0.2) is 26.3 Å². The number of anilines is 1. The number of para-hydroxylation sites is 2. The number of aromatic nitrogens is 3. The Balaban J connectivity index is 1.52. The molecule has 0 fully saturated rings. The third-order valence-electron chi connectivity index (χ3n) is 5.94. The molecule has 37 heavy (non-hydrogen) atoms. The van der Waals surface area contributed by atoms with E-state index in [1.807, 2.05) is 44.2 Å². The van der Waals surface area contributed by atoms with Gasteiger partial charge in [-0.25, -0.2) is 9.37 Å². The van der Waals surface area contributed by atoms with E-state index in [4.69, 9.17) is 0 Å². The normalized spacial score (nSPS) is 11.7. The van der Waals surface area contributed by atoms with Gasteiger partial charge in [-0.1, -0.05) is 60.1 Å². The molecule has 9 heteroatoms. The average Bonchev–Trinajstić information content (AvgIpc) is 3.22. The van der Waals surface area contributed by atoms with E-state index in [9.17, 15) is 14.0 Å². The highest BCUT2D eigenvalue weighted by Crippen LogP contribution is 2.22. The molecular weight excluding hydrogens is 537 g/mol. The van der Waals surface area contributed by atoms with Crippen LogP contribution in [0.3, 0.4) is 0 Å². The van der Waals surface area contributed by atoms with Gasteiger partial charge in [-0.2, -0.15) is 9.78 Å². The quantitative estimate of drug-likeness (QED) is 0.263. The first-order chi connectivity index (χ1) is 17.8. The van der Waals surface area contributed by atoms with Gasteiger partial charge in [0.25, 0.3) is 5.56 Å². The second-order valence-electron chi connectivity index (χ2n) is 8.91. The molecule has 5 aromatic rings. The number of carbonyl (C=O) groups is 1. The minimum atomic E-state index is -0.497. The predicted molar refractivity (Wildman–Crippen MR) is 148 cm³/mol. The summed E-state index contributed by atoms with van der Waals surface area (Å²) < 4.78 is 17.9. The number of nitrogens with zero attached hydrogens (tertiary/aromatic N) is 4. The number of halogens is 2. The molecule has 1 N–H and O–H groups in total. The highest BCUT2D eigenvalue weighted by atomic mass is 79.9. The van der Waals surface area contributed by atoms with E-state index in [2.05, 4.69) is 31.3 Å². The van der Waals surface area contributed by atoms with E-state index in [1.165, 1.54) is 16.8 Å². The molecule has 3 aromatic carbocycles. The minimum absolute atomic E-state index is 0.0224. The van der Waals surface area contributed by atoms with Crippen LogP contribution in [0.15, 0.2) is 87.3 Å². The Bertz CT molecular complexity index is 1740. The molecule has 0 spiro atoms. The third kappa shape index (κ3) is 4.95. The maximum absolute atomic E-state index is 14.0. The molecule has 0 unspecified atom stereocenters. The highest BCUT2D eigenvalue weighted by molar-refractivity contribution is 9.10. The molecule has 0 atom stereocenters. The fourth-order valence-electron chi connectivity index (χ4n) is 4.19. The summed E-state index contributed by atoms with van der Waals surface area (Å²) >= 11 is 3.42. The molecule has 2 aromatic heterocycles. The molecule has 0 aliphatic heterocycles. The molecule has 0 aliphatic carbocycles. The van der Waals surface area contributed by atoms with Crippen LogP contribution >= 0.6 is 15.9 Å². The standard InChI is InChI=1S/C28H23BrFN5O2/c1-17(2)27-33-23-12-11-19(29)13-21(23)28(37)35(27)31-14-18-15-34(25-10-6-3-7-20(18)25)16-26(36)32-24-9-5-4-8-22(24)30/h3-15,17H,16H2,1-2H3,(H,32,36). The molecule has 186 valence electrons. The lowest BCUT2D eigenvalue weighted by atomic mass is 10.2. The zero-order valence-electron chi connectivity index (χ0n) is 20.2. The van der Waals surface area contributed by atoms with Crippen molar-refractivity contribution in [2.24, 2.45) is 5.10 Å². The second-order valence-corrected chi connectivity index (χ2v) is 9.82. The molecule has 0 saturated carbocycles. The van der Waals surface area contributed by atoms with Crippen molar-refractivity contribution in [3.8, 4) is 0 Å². The van der Waals surface area contributed by atoms with Gasteiger partial charge >= 0.3 is 0 Å². The monoisotopic (exact) mass is 559 g/mol. The second kappa shape index (κ2) is 10.1. The van der Waals surface area contributed by atoms with E-state index in [0.29, 0.717) is 16.7 Å². The van der Waals surface area contributed by atoms with Crippen molar-refractivity contribution in [2.45, 2.75) is 26.3 Å². The summed E-state index contributed by atoms with van der Waals surface area (Å²) in [6, 6.07) is 19.0. The number of benzene rings is 3. The summed E-state index contributed by atoms with van der Waals surface area (Å²) in [5.74, 6) is -0.356. The maximum Gasteiger partial charge on any atom is 0.282 e. The zero-order chi connectivity index (χ0) is 26.1. The Morgan fingerprint density at radius 3 is 2.65 bits per heavy atom. The smallest absolute Gasteiger partial charge is 0.282 e. The number of hydrogen-bond donors (Lipinski definition) is 1. The lowest BCUT2D eigenvalue weighted by molar-refractivity contribution is -0.116. The SMILES string of the molecule is CC(C)c1nc2ccc(Br)cc2c(=O)n1N=Cc1cn(CC(=O)Nc2ccccc2F)c2ccccc12. The molecule has 0 bridgehead atoms. The first kappa shape index (κ1) is 24.6. The van der Waals surface area contributed by atoms with Gasteiger partial charge in [0.15, 0.2) is 0 Å². The number of rotatable bonds is 6. The van der Waals surface area contributed by atoms with Gasteiger partial charge in [-0.3, -0.25) is 9.59 Å². The van der Waals surface area contributed by atoms with Crippen LogP contribution in [0.25, 0.3) is 21.8 Å². The van der Waals surface area contributed by atoms with Gasteiger partial charge in [0.1, 0.15) is 18.2 Å². The van der Waals surface area contributed by atoms with E-state index < -0.39 is 5.82 Å². The first-order valence-corrected chi connectivity index (χ1v) is 12.5. The first-order valence-electron chi connectivity index (χ1n) is 11.7. The summed E-state index contributed by atoms with van der Waals surface area (Å²) in [4.78, 5) is 30.7. The number of hydrogen-bond acceptors (Lipinski definition) is 4. The molecule has 2 heterocycles. The van der Waals surface area contributed by atoms with Crippen LogP contribution in [0, 0.1) is 5.82 Å². The number of fused-ring (bicyclic) bond motifs is 2. The summed E-state index contributed by atoms with van der Waals surface area (Å²) in [5, 5.41) is 8.47. The third-order valence-corrected chi connectivity index (χ3v) is 6.44. The molecular formula is C28H23BrFN5O2. The van der Waals surface area contributed by atoms with Gasteiger partial charge in [0.2, 0.25) is 5.91 Å². The number of nitrogens with one attached hydrogen (secondary N) is 1. The minimum Gasteiger partial charge on any atom is -0.337 e. The Hall–Kier alpha value is -4.11. The summed E-state index contributed by atoms with van der Waals surface area (Å²) in [6.07, 6.45) is 3.40. The van der Waals surface area contributed by atoms with Gasteiger partial charge in [-0.15, -0.1) is 0 Å². The lowest BCUT2D eigenvalue weighted by Crippen LogP contribution is -2.23. The summed E-state index contributed by atoms with van der Waals surface area (Å²) in [6.45, 7) is 3.89. The van der Waals surface area contributed by atoms with Crippen molar-refractivity contribution in [1.82, 2.24) is 14.2 Å². The van der Waals surface area contributed by atoms with Crippen LogP contribution in [0.4, 0.5) is 10.1 Å². The van der Waals surface area contributed by atoms with Crippen molar-refractivity contribution in [3.63, 3.8) is 0 Å². The van der Waals surface area contributed by atoms with Gasteiger partial charge in [-0.05, 0) is 36.4 Å². The van der Waals surface area contributed by atoms with E-state index in [1.54, 1.807) is 41.2 Å². The Labute approximate surface area is 220 Å². The van der Waals surface area contributed by atoms with Crippen molar-refractivity contribution in [2.75, 3.05) is 5.32 Å². The lowest BCUT2D eigenvalue weighted by Gasteiger charge is -2.11. The van der Waals surface area contributed by atoms with Crippen molar-refractivity contribution in [1.29, 1.82) is 0 Å². The Morgan fingerprint density at radius 2 is 1.86 bits per heavy atom. The van der Waals surface area contributed by atoms with Gasteiger partial charge in [0, 0.05) is 33.1 Å². The molecule has 5 rings (SSSR count). The molecule has 0 radical (unpaired) electrons. The van der Waals surface area contributed by atoms with Crippen molar-refractivity contribution in [3.05, 3.63) is 105 Å². The van der Waals surface area contributed by atoms with Crippen molar-refractivity contribution >= 4 is 55.5 Å². The van der Waals surface area contributed by atoms with Crippen LogP contribution in [0.1, 0.15) is 31.2 Å². The van der Waals surface area contributed by atoms with Gasteiger partial charge < -0.3 is 9.88 Å². The maximum atomic E-state index is 14.0. The average molecular weight is 560 g/mol. The van der Waals surface area contributed by atoms with E-state index in [-0.39, 0.29) is 29.6 Å². The summed E-state index contributed by atoms with van der Waals surface area (Å²) in [5.41, 5.74) is 2.01. The summed E-state index contributed by atoms with van der Waals surface area (Å²) in [7, 11) is 0. The Kier molecular flexibility index (Phi) is 6.71. The van der Waals surface area contributed by atoms with Crippen LogP contribution in [0.2, 0.25) is 0 Å². The van der Waals surface area contributed by atoms with E-state index >= 15 is 0 Å². The van der Waals surface area contributed by atoms with E-state index in [0.717, 1.165) is 20.9 Å². The van der Waals surface area contributed by atoms with Crippen LogP contribution in [0.5, 0.6) is 0 Å². The fourth-order valence-corrected chi connectivity index (χ4v) is 4.55.